The van der Waals surface area contributed by atoms with Gasteiger partial charge >= 0.3 is 0 Å². The number of aromatic amines is 1. The van der Waals surface area contributed by atoms with Gasteiger partial charge in [0.05, 0.1) is 4.58 Å². The van der Waals surface area contributed by atoms with Crippen molar-refractivity contribution in [2.75, 3.05) is 11.5 Å². The van der Waals surface area contributed by atoms with Gasteiger partial charge in [0.15, 0.2) is 0 Å². The first-order valence-corrected chi connectivity index (χ1v) is 9.41. The van der Waals surface area contributed by atoms with Crippen LogP contribution in [0.2, 0.25) is 0 Å². The lowest BCUT2D eigenvalue weighted by Crippen LogP contribution is -2.41. The maximum Gasteiger partial charge on any atom is 0.286 e. The quantitative estimate of drug-likeness (QED) is 0.746. The van der Waals surface area contributed by atoms with Crippen LogP contribution in [-0.4, -0.2) is 28.3 Å². The Balaban J connectivity index is 1.56. The Morgan fingerprint density at radius 3 is 2.35 bits per heavy atom. The summed E-state index contributed by atoms with van der Waals surface area (Å²) in [6.07, 6.45) is 2.91. The van der Waals surface area contributed by atoms with E-state index in [9.17, 15) is 9.59 Å². The van der Waals surface area contributed by atoms with Crippen LogP contribution in [0.5, 0.6) is 0 Å². The number of hydrogen-bond acceptors (Lipinski definition) is 4. The second-order valence-corrected chi connectivity index (χ2v) is 7.77. The summed E-state index contributed by atoms with van der Waals surface area (Å²) >= 11 is 3.89. The van der Waals surface area contributed by atoms with E-state index in [2.05, 4.69) is 15.8 Å². The molecule has 0 unspecified atom stereocenters. The molecule has 1 saturated heterocycles. The summed E-state index contributed by atoms with van der Waals surface area (Å²) in [5.41, 5.74) is 6.94. The summed E-state index contributed by atoms with van der Waals surface area (Å²) in [7, 11) is 0. The van der Waals surface area contributed by atoms with Crippen molar-refractivity contribution in [2.45, 2.75) is 11.0 Å². The number of H-pyrrole nitrogens is 1. The van der Waals surface area contributed by atoms with Crippen molar-refractivity contribution < 1.29 is 9.59 Å². The fraction of sp³-hybridized carbons (Fsp3) is 0.250. The molecular formula is C16H17N3O2S2. The minimum atomic E-state index is -0.380. The van der Waals surface area contributed by atoms with Crippen LogP contribution in [0.4, 0.5) is 0 Å². The number of amides is 2. The number of carbonyl (C=O) groups is 2. The van der Waals surface area contributed by atoms with Gasteiger partial charge in [-0.15, -0.1) is 23.5 Å². The minimum absolute atomic E-state index is 0.333. The van der Waals surface area contributed by atoms with Crippen molar-refractivity contribution in [2.24, 2.45) is 0 Å². The lowest BCUT2D eigenvalue weighted by molar-refractivity contribution is 0.0844. The Bertz CT molecular complexity index is 665. The molecule has 1 aromatic heterocycles. The van der Waals surface area contributed by atoms with Crippen LogP contribution in [0.25, 0.3) is 0 Å². The molecule has 2 aromatic rings. The van der Waals surface area contributed by atoms with Crippen LogP contribution in [0.1, 0.15) is 37.4 Å². The number of nitrogens with one attached hydrogen (secondary N) is 3. The van der Waals surface area contributed by atoms with Crippen LogP contribution in [-0.2, 0) is 0 Å². The Hall–Kier alpha value is -1.86. The molecule has 120 valence electrons. The molecule has 0 bridgehead atoms. The Kier molecular flexibility index (Phi) is 5.30. The third-order valence-electron chi connectivity index (χ3n) is 3.40. The molecule has 1 fully saturated rings. The summed E-state index contributed by atoms with van der Waals surface area (Å²) in [6, 6.07) is 10.9. The second kappa shape index (κ2) is 7.61. The van der Waals surface area contributed by atoms with Gasteiger partial charge < -0.3 is 4.98 Å². The number of aromatic nitrogens is 1. The predicted molar refractivity (Wildman–Crippen MR) is 94.4 cm³/mol. The van der Waals surface area contributed by atoms with Gasteiger partial charge in [0.2, 0.25) is 0 Å². The van der Waals surface area contributed by atoms with Crippen molar-refractivity contribution in [3.05, 3.63) is 59.4 Å². The van der Waals surface area contributed by atoms with E-state index in [1.807, 2.05) is 35.7 Å². The fourth-order valence-electron chi connectivity index (χ4n) is 2.20. The highest BCUT2D eigenvalue weighted by atomic mass is 32.2. The monoisotopic (exact) mass is 347 g/mol. The predicted octanol–water partition coefficient (Wildman–Crippen LogP) is 2.96. The molecule has 3 rings (SSSR count). The maximum atomic E-state index is 12.1. The summed E-state index contributed by atoms with van der Waals surface area (Å²) in [5.74, 6) is 1.66. The van der Waals surface area contributed by atoms with E-state index in [0.717, 1.165) is 0 Å². The average Bonchev–Trinajstić information content (AvgIpc) is 3.15. The van der Waals surface area contributed by atoms with Gasteiger partial charge in [-0.25, -0.2) is 0 Å². The first-order valence-electron chi connectivity index (χ1n) is 7.31. The average molecular weight is 347 g/mol. The normalized spacial score (nSPS) is 15.1. The molecule has 23 heavy (non-hydrogen) atoms. The molecule has 7 heteroatoms. The van der Waals surface area contributed by atoms with Gasteiger partial charge in [0, 0.05) is 11.8 Å². The van der Waals surface area contributed by atoms with E-state index < -0.39 is 0 Å². The Labute approximate surface area is 143 Å². The molecular weight excluding hydrogens is 330 g/mol. The SMILES string of the molecule is O=C(NNC(=O)c1ccc[nH]1)c1ccc(C2SCCCS2)cc1. The lowest BCUT2D eigenvalue weighted by Gasteiger charge is -2.21. The Morgan fingerprint density at radius 1 is 1.00 bits per heavy atom. The van der Waals surface area contributed by atoms with Gasteiger partial charge in [-0.05, 0) is 47.8 Å². The number of hydrogen-bond donors (Lipinski definition) is 3. The summed E-state index contributed by atoms with van der Waals surface area (Å²) < 4.78 is 0.452. The van der Waals surface area contributed by atoms with E-state index in [4.69, 9.17) is 0 Å². The van der Waals surface area contributed by atoms with Crippen LogP contribution >= 0.6 is 23.5 Å². The molecule has 0 radical (unpaired) electrons. The smallest absolute Gasteiger partial charge is 0.286 e. The number of benzene rings is 1. The highest BCUT2D eigenvalue weighted by Crippen LogP contribution is 2.43. The summed E-state index contributed by atoms with van der Waals surface area (Å²) in [5, 5.41) is 0. The first kappa shape index (κ1) is 16.0. The molecule has 0 saturated carbocycles. The topological polar surface area (TPSA) is 74.0 Å². The van der Waals surface area contributed by atoms with E-state index in [1.165, 1.54) is 23.5 Å². The Morgan fingerprint density at radius 2 is 1.70 bits per heavy atom. The molecule has 2 amide bonds. The van der Waals surface area contributed by atoms with Crippen LogP contribution in [0.3, 0.4) is 0 Å². The number of thioether (sulfide) groups is 2. The van der Waals surface area contributed by atoms with Gasteiger partial charge in [0.25, 0.3) is 11.8 Å². The molecule has 1 aliphatic heterocycles. The van der Waals surface area contributed by atoms with Gasteiger partial charge in [-0.3, -0.25) is 20.4 Å². The van der Waals surface area contributed by atoms with Gasteiger partial charge in [-0.2, -0.15) is 0 Å². The highest BCUT2D eigenvalue weighted by molar-refractivity contribution is 8.16. The highest BCUT2D eigenvalue weighted by Gasteiger charge is 2.17. The first-order chi connectivity index (χ1) is 11.2. The summed E-state index contributed by atoms with van der Waals surface area (Å²) in [4.78, 5) is 26.6. The number of carbonyl (C=O) groups excluding carboxylic acids is 2. The molecule has 5 nitrogen and oxygen atoms in total. The largest absolute Gasteiger partial charge is 0.357 e. The molecule has 0 atom stereocenters. The number of rotatable bonds is 3. The molecule has 3 N–H and O–H groups in total. The van der Waals surface area contributed by atoms with E-state index in [0.29, 0.717) is 15.8 Å². The van der Waals surface area contributed by atoms with Crippen molar-refractivity contribution in [3.8, 4) is 0 Å². The van der Waals surface area contributed by atoms with Gasteiger partial charge in [0.1, 0.15) is 5.69 Å². The summed E-state index contributed by atoms with van der Waals surface area (Å²) in [6.45, 7) is 0. The molecule has 0 spiro atoms. The third kappa shape index (κ3) is 4.11. The van der Waals surface area contributed by atoms with Crippen LogP contribution in [0.15, 0.2) is 42.6 Å². The van der Waals surface area contributed by atoms with Crippen molar-refractivity contribution in [1.29, 1.82) is 0 Å². The third-order valence-corrected chi connectivity index (χ3v) is 6.42. The lowest BCUT2D eigenvalue weighted by atomic mass is 10.1. The van der Waals surface area contributed by atoms with Gasteiger partial charge in [-0.1, -0.05) is 12.1 Å². The number of hydrazine groups is 1. The second-order valence-electron chi connectivity index (χ2n) is 5.04. The minimum Gasteiger partial charge on any atom is -0.357 e. The van der Waals surface area contributed by atoms with Crippen molar-refractivity contribution in [1.82, 2.24) is 15.8 Å². The van der Waals surface area contributed by atoms with E-state index >= 15 is 0 Å². The molecule has 1 aromatic carbocycles. The zero-order valence-corrected chi connectivity index (χ0v) is 14.0. The zero-order valence-electron chi connectivity index (χ0n) is 12.4. The van der Waals surface area contributed by atoms with Crippen LogP contribution in [0, 0.1) is 0 Å². The molecule has 1 aliphatic rings. The maximum absolute atomic E-state index is 12.1. The fourth-order valence-corrected chi connectivity index (χ4v) is 5.09. The van der Waals surface area contributed by atoms with Crippen molar-refractivity contribution >= 4 is 35.3 Å². The standard InChI is InChI=1S/C16H17N3O2S2/c20-14(18-19-15(21)13-3-1-8-17-13)11-4-6-12(7-5-11)16-22-9-2-10-23-16/h1,3-8,16-17H,2,9-10H2,(H,18,20)(H,19,21). The molecule has 0 aliphatic carbocycles. The van der Waals surface area contributed by atoms with Crippen LogP contribution < -0.4 is 10.9 Å². The molecule has 2 heterocycles. The van der Waals surface area contributed by atoms with Crippen molar-refractivity contribution in [3.63, 3.8) is 0 Å². The zero-order chi connectivity index (χ0) is 16.1. The van der Waals surface area contributed by atoms with E-state index in [-0.39, 0.29) is 11.8 Å². The van der Waals surface area contributed by atoms with E-state index in [1.54, 1.807) is 30.5 Å².